The smallest absolute Gasteiger partial charge is 0.143 e. The zero-order valence-electron chi connectivity index (χ0n) is 19.6. The first-order valence-corrected chi connectivity index (χ1v) is 16.8. The van der Waals surface area contributed by atoms with Crippen molar-refractivity contribution < 1.29 is 14.2 Å². The number of aliphatic hydroxyl groups excluding tert-OH is 1. The molecule has 2 aromatic rings. The molecule has 3 aliphatic carbocycles. The molecule has 3 saturated carbocycles. The Labute approximate surface area is 199 Å². The van der Waals surface area contributed by atoms with E-state index in [9.17, 15) is 14.2 Å². The van der Waals surface area contributed by atoms with Gasteiger partial charge in [0.1, 0.15) is 7.14 Å². The van der Waals surface area contributed by atoms with Crippen molar-refractivity contribution >= 4 is 24.9 Å². The topological polar surface area (TPSA) is 54.4 Å². The molecule has 33 heavy (non-hydrogen) atoms. The average Bonchev–Trinajstić information content (AvgIpc) is 3.63. The third-order valence-corrected chi connectivity index (χ3v) is 17.0. The van der Waals surface area contributed by atoms with Crippen LogP contribution in [0.4, 0.5) is 0 Å². The van der Waals surface area contributed by atoms with Gasteiger partial charge in [-0.2, -0.15) is 0 Å². The monoisotopic (exact) mass is 484 g/mol. The van der Waals surface area contributed by atoms with E-state index >= 15 is 0 Å². The summed E-state index contributed by atoms with van der Waals surface area (Å²) in [6.07, 6.45) is 10.6. The van der Waals surface area contributed by atoms with Crippen molar-refractivity contribution in [2.24, 2.45) is 5.92 Å². The molecule has 1 N–H and O–H groups in total. The minimum atomic E-state index is -2.89. The third-order valence-electron chi connectivity index (χ3n) is 8.83. The lowest BCUT2D eigenvalue weighted by atomic mass is 10.1. The van der Waals surface area contributed by atoms with Crippen molar-refractivity contribution in [2.75, 3.05) is 6.16 Å². The molecule has 3 aliphatic rings. The van der Waals surface area contributed by atoms with Crippen LogP contribution in [-0.2, 0) is 9.13 Å². The maximum Gasteiger partial charge on any atom is 0.143 e. The lowest BCUT2D eigenvalue weighted by Gasteiger charge is -2.35. The van der Waals surface area contributed by atoms with E-state index in [0.29, 0.717) is 23.9 Å². The maximum absolute atomic E-state index is 14.8. The van der Waals surface area contributed by atoms with E-state index in [-0.39, 0.29) is 11.6 Å². The van der Waals surface area contributed by atoms with Crippen molar-refractivity contribution in [3.05, 3.63) is 60.7 Å². The van der Waals surface area contributed by atoms with Crippen molar-refractivity contribution in [3.8, 4) is 0 Å². The van der Waals surface area contributed by atoms with Gasteiger partial charge in [-0.05, 0) is 44.4 Å². The average molecular weight is 485 g/mol. The van der Waals surface area contributed by atoms with Crippen LogP contribution in [0.2, 0.25) is 0 Å². The Bertz CT molecular complexity index is 946. The molecule has 0 unspecified atom stereocenters. The highest BCUT2D eigenvalue weighted by Crippen LogP contribution is 2.70. The molecule has 0 bridgehead atoms. The van der Waals surface area contributed by atoms with Crippen LogP contribution >= 0.6 is 14.3 Å². The molecule has 0 spiro atoms. The fraction of sp³-hybridized carbons (Fsp3) is 0.571. The van der Waals surface area contributed by atoms with E-state index in [4.69, 9.17) is 0 Å². The zero-order chi connectivity index (χ0) is 22.9. The minimum absolute atomic E-state index is 0.0580. The Morgan fingerprint density at radius 1 is 0.667 bits per heavy atom. The van der Waals surface area contributed by atoms with Crippen LogP contribution in [0.1, 0.15) is 64.2 Å². The van der Waals surface area contributed by atoms with Crippen LogP contribution in [-0.4, -0.2) is 34.3 Å². The van der Waals surface area contributed by atoms with E-state index in [0.717, 1.165) is 42.7 Å². The molecular weight excluding hydrogens is 446 g/mol. The van der Waals surface area contributed by atoms with Crippen molar-refractivity contribution in [1.29, 1.82) is 0 Å². The van der Waals surface area contributed by atoms with Gasteiger partial charge in [-0.15, -0.1) is 0 Å². The van der Waals surface area contributed by atoms with Gasteiger partial charge in [-0.25, -0.2) is 0 Å². The van der Waals surface area contributed by atoms with Gasteiger partial charge < -0.3 is 14.2 Å². The van der Waals surface area contributed by atoms with E-state index in [2.05, 4.69) is 0 Å². The molecule has 178 valence electrons. The maximum atomic E-state index is 14.8. The summed E-state index contributed by atoms with van der Waals surface area (Å²) in [5, 5.41) is 12.9. The molecule has 5 rings (SSSR count). The molecule has 0 radical (unpaired) electrons. The SMILES string of the molecule is O=P(C[C@H]1C[C@H](P(=O)(C2CCCC2)C2CCCC2)C[C@@H]1O)(c1ccccc1)c1ccccc1. The minimum Gasteiger partial charge on any atom is -0.393 e. The van der Waals surface area contributed by atoms with Crippen molar-refractivity contribution in [3.63, 3.8) is 0 Å². The zero-order valence-corrected chi connectivity index (χ0v) is 21.4. The Morgan fingerprint density at radius 2 is 1.12 bits per heavy atom. The Kier molecular flexibility index (Phi) is 7.04. The molecule has 2 aromatic carbocycles. The largest absolute Gasteiger partial charge is 0.393 e. The third kappa shape index (κ3) is 4.47. The van der Waals surface area contributed by atoms with E-state index in [1.54, 1.807) is 0 Å². The Balaban J connectivity index is 1.44. The first-order valence-electron chi connectivity index (χ1n) is 13.0. The van der Waals surface area contributed by atoms with Gasteiger partial charge in [-0.3, -0.25) is 0 Å². The van der Waals surface area contributed by atoms with Crippen molar-refractivity contribution in [1.82, 2.24) is 0 Å². The Morgan fingerprint density at radius 3 is 1.58 bits per heavy atom. The highest BCUT2D eigenvalue weighted by atomic mass is 31.2. The van der Waals surface area contributed by atoms with Gasteiger partial charge in [0.15, 0.2) is 0 Å². The van der Waals surface area contributed by atoms with E-state index < -0.39 is 20.4 Å². The predicted octanol–water partition coefficient (Wildman–Crippen LogP) is 6.39. The molecule has 5 heteroatoms. The van der Waals surface area contributed by atoms with Crippen LogP contribution in [0.3, 0.4) is 0 Å². The van der Waals surface area contributed by atoms with E-state index in [1.165, 1.54) is 25.7 Å². The standard InChI is InChI=1S/C28H38O3P2/c29-28-20-27(33(31,25-15-7-8-16-25)26-17-9-10-18-26)19-22(28)21-32(30,23-11-3-1-4-12-23)24-13-5-2-6-14-24/h1-6,11-14,22,25-29H,7-10,15-21H2/t22-,27+,28+/m1/s1. The van der Waals surface area contributed by atoms with Gasteiger partial charge in [0.05, 0.1) is 13.2 Å². The quantitative estimate of drug-likeness (QED) is 0.464. The second-order valence-electron chi connectivity index (χ2n) is 10.7. The number of aliphatic hydroxyl groups is 1. The van der Waals surface area contributed by atoms with Crippen LogP contribution in [0.25, 0.3) is 0 Å². The molecule has 3 fully saturated rings. The molecule has 3 atom stereocenters. The van der Waals surface area contributed by atoms with Gasteiger partial charge in [-0.1, -0.05) is 86.3 Å². The number of hydrogen-bond acceptors (Lipinski definition) is 3. The molecular formula is C28H38O3P2. The lowest BCUT2D eigenvalue weighted by Crippen LogP contribution is -2.26. The Hall–Kier alpha value is -1.14. The highest BCUT2D eigenvalue weighted by molar-refractivity contribution is 7.78. The molecule has 0 aliphatic heterocycles. The molecule has 0 amide bonds. The number of rotatable bonds is 7. The normalized spacial score (nSPS) is 27.4. The second-order valence-corrected chi connectivity index (χ2v) is 17.3. The fourth-order valence-electron chi connectivity index (χ4n) is 7.14. The fourth-order valence-corrected chi connectivity index (χ4v) is 15.5. The first-order chi connectivity index (χ1) is 16.0. The summed E-state index contributed by atoms with van der Waals surface area (Å²) in [7, 11) is -5.29. The summed E-state index contributed by atoms with van der Waals surface area (Å²) >= 11 is 0. The van der Waals surface area contributed by atoms with E-state index in [1.807, 2.05) is 60.7 Å². The molecule has 0 aromatic heterocycles. The lowest BCUT2D eigenvalue weighted by molar-refractivity contribution is 0.142. The number of hydrogen-bond donors (Lipinski definition) is 1. The van der Waals surface area contributed by atoms with Crippen LogP contribution < -0.4 is 10.6 Å². The highest BCUT2D eigenvalue weighted by Gasteiger charge is 2.52. The summed E-state index contributed by atoms with van der Waals surface area (Å²) in [4.78, 5) is 0. The van der Waals surface area contributed by atoms with Gasteiger partial charge in [0, 0.05) is 33.7 Å². The second kappa shape index (κ2) is 9.85. The molecule has 3 nitrogen and oxygen atoms in total. The summed E-state index contributed by atoms with van der Waals surface area (Å²) in [6, 6.07) is 19.6. The summed E-state index contributed by atoms with van der Waals surface area (Å²) < 4.78 is 29.4. The van der Waals surface area contributed by atoms with Crippen molar-refractivity contribution in [2.45, 2.75) is 87.3 Å². The first kappa shape index (κ1) is 23.6. The van der Waals surface area contributed by atoms with Crippen LogP contribution in [0.5, 0.6) is 0 Å². The number of benzene rings is 2. The summed E-state index contributed by atoms with van der Waals surface area (Å²) in [5.74, 6) is -0.0580. The van der Waals surface area contributed by atoms with Crippen LogP contribution in [0, 0.1) is 5.92 Å². The molecule has 0 heterocycles. The molecule has 0 saturated heterocycles. The summed E-state index contributed by atoms with van der Waals surface area (Å²) in [5.41, 5.74) is 0.849. The summed E-state index contributed by atoms with van der Waals surface area (Å²) in [6.45, 7) is 0. The van der Waals surface area contributed by atoms with Crippen LogP contribution in [0.15, 0.2) is 60.7 Å². The predicted molar refractivity (Wildman–Crippen MR) is 139 cm³/mol. The van der Waals surface area contributed by atoms with Gasteiger partial charge in [0.2, 0.25) is 0 Å². The van der Waals surface area contributed by atoms with Gasteiger partial charge >= 0.3 is 0 Å². The van der Waals surface area contributed by atoms with Gasteiger partial charge in [0.25, 0.3) is 0 Å².